The van der Waals surface area contributed by atoms with Crippen LogP contribution >= 0.6 is 11.3 Å². The molecule has 0 atom stereocenters. The topological polar surface area (TPSA) is 88.9 Å². The fraction of sp³-hybridized carbons (Fsp3) is 0.0435. The maximum atomic E-state index is 12.7. The largest absolute Gasteiger partial charge is 0.349 e. The Bertz CT molecular complexity index is 1230. The van der Waals surface area contributed by atoms with Gasteiger partial charge >= 0.3 is 0 Å². The summed E-state index contributed by atoms with van der Waals surface area (Å²) in [5.74, 6) is -0.676. The van der Waals surface area contributed by atoms with Crippen molar-refractivity contribution in [2.24, 2.45) is 0 Å². The average Bonchev–Trinajstić information content (AvgIpc) is 3.48. The number of nitrogens with zero attached hydrogens (tertiary/aromatic N) is 3. The van der Waals surface area contributed by atoms with Gasteiger partial charge in [-0.05, 0) is 24.3 Å². The second-order valence-corrected chi connectivity index (χ2v) is 7.40. The van der Waals surface area contributed by atoms with Gasteiger partial charge in [-0.15, -0.1) is 17.9 Å². The number of hydrogen-bond donors (Lipinski definition) is 2. The fourth-order valence-corrected chi connectivity index (χ4v) is 3.68. The summed E-state index contributed by atoms with van der Waals surface area (Å²) in [6, 6.07) is 16.6. The summed E-state index contributed by atoms with van der Waals surface area (Å²) in [6.45, 7) is 3.93. The molecule has 4 rings (SSSR count). The molecular weight excluding hydrogens is 410 g/mol. The lowest BCUT2D eigenvalue weighted by atomic mass is 10.1. The lowest BCUT2D eigenvalue weighted by Crippen LogP contribution is -2.25. The van der Waals surface area contributed by atoms with Gasteiger partial charge < -0.3 is 10.6 Å². The third-order valence-corrected chi connectivity index (χ3v) is 5.31. The number of amides is 2. The number of carbonyl (C=O) groups is 2. The number of carbonyl (C=O) groups excluding carboxylic acids is 2. The molecular formula is C23H19N5O2S. The minimum atomic E-state index is -0.387. The van der Waals surface area contributed by atoms with Gasteiger partial charge in [0.25, 0.3) is 11.8 Å². The highest BCUT2D eigenvalue weighted by atomic mass is 32.1. The lowest BCUT2D eigenvalue weighted by molar-refractivity contribution is 0.0959. The molecule has 0 saturated carbocycles. The van der Waals surface area contributed by atoms with E-state index in [-0.39, 0.29) is 17.5 Å². The summed E-state index contributed by atoms with van der Waals surface area (Å²) in [4.78, 5) is 29.5. The molecule has 0 aliphatic carbocycles. The quantitative estimate of drug-likeness (QED) is 0.432. The van der Waals surface area contributed by atoms with Crippen LogP contribution in [0.5, 0.6) is 0 Å². The van der Waals surface area contributed by atoms with Crippen molar-refractivity contribution in [3.8, 4) is 16.3 Å². The highest BCUT2D eigenvalue weighted by Crippen LogP contribution is 2.25. The number of para-hydroxylation sites is 2. The molecule has 8 heteroatoms. The Balaban J connectivity index is 1.51. The van der Waals surface area contributed by atoms with Gasteiger partial charge in [0.15, 0.2) is 0 Å². The van der Waals surface area contributed by atoms with Gasteiger partial charge in [-0.1, -0.05) is 36.4 Å². The van der Waals surface area contributed by atoms with E-state index in [1.807, 2.05) is 36.5 Å². The molecule has 7 nitrogen and oxygen atoms in total. The number of anilines is 1. The van der Waals surface area contributed by atoms with Gasteiger partial charge in [-0.25, -0.2) is 9.67 Å². The van der Waals surface area contributed by atoms with Gasteiger partial charge in [0, 0.05) is 23.7 Å². The minimum Gasteiger partial charge on any atom is -0.349 e. The van der Waals surface area contributed by atoms with Gasteiger partial charge in [-0.3, -0.25) is 9.59 Å². The van der Waals surface area contributed by atoms with Crippen LogP contribution in [-0.2, 0) is 0 Å². The minimum absolute atomic E-state index is 0.272. The van der Waals surface area contributed by atoms with Crippen molar-refractivity contribution in [2.75, 3.05) is 11.9 Å². The van der Waals surface area contributed by atoms with E-state index < -0.39 is 0 Å². The molecule has 0 unspecified atom stereocenters. The van der Waals surface area contributed by atoms with Crippen LogP contribution in [0.1, 0.15) is 20.8 Å². The molecule has 2 aromatic heterocycles. The van der Waals surface area contributed by atoms with Gasteiger partial charge in [0.05, 0.1) is 23.1 Å². The van der Waals surface area contributed by atoms with E-state index in [2.05, 4.69) is 27.3 Å². The van der Waals surface area contributed by atoms with Crippen LogP contribution < -0.4 is 10.6 Å². The zero-order chi connectivity index (χ0) is 21.6. The van der Waals surface area contributed by atoms with Gasteiger partial charge in [0.2, 0.25) is 0 Å². The molecule has 2 N–H and O–H groups in total. The number of benzene rings is 2. The molecule has 0 bridgehead atoms. The number of hydrogen-bond acceptors (Lipinski definition) is 5. The van der Waals surface area contributed by atoms with Crippen LogP contribution in [0.3, 0.4) is 0 Å². The summed E-state index contributed by atoms with van der Waals surface area (Å²) in [5.41, 5.74) is 2.82. The van der Waals surface area contributed by atoms with E-state index in [0.29, 0.717) is 22.8 Å². The van der Waals surface area contributed by atoms with E-state index in [9.17, 15) is 9.59 Å². The van der Waals surface area contributed by atoms with Crippen molar-refractivity contribution in [1.82, 2.24) is 20.1 Å². The van der Waals surface area contributed by atoms with E-state index in [1.165, 1.54) is 11.3 Å². The molecule has 0 fully saturated rings. The smallest absolute Gasteiger partial charge is 0.275 e. The standard InChI is InChI=1S/C23H19N5O2S/c1-2-12-24-21(29)18-10-6-7-11-19(18)26-22(30)20-15-31-23(27-20)16-13-25-28(14-16)17-8-4-3-5-9-17/h2-11,13-15H,1,12H2,(H,24,29)(H,26,30). The first-order valence-corrected chi connectivity index (χ1v) is 10.4. The highest BCUT2D eigenvalue weighted by Gasteiger charge is 2.17. The Morgan fingerprint density at radius 2 is 1.84 bits per heavy atom. The molecule has 0 aliphatic heterocycles. The van der Waals surface area contributed by atoms with E-state index >= 15 is 0 Å². The number of rotatable bonds is 7. The Kier molecular flexibility index (Phi) is 6.00. The van der Waals surface area contributed by atoms with Crippen molar-refractivity contribution in [3.63, 3.8) is 0 Å². The van der Waals surface area contributed by atoms with Crippen LogP contribution in [0.2, 0.25) is 0 Å². The van der Waals surface area contributed by atoms with Crippen LogP contribution in [0.4, 0.5) is 5.69 Å². The van der Waals surface area contributed by atoms with Crippen LogP contribution in [0, 0.1) is 0 Å². The molecule has 2 amide bonds. The summed E-state index contributed by atoms with van der Waals surface area (Å²) >= 11 is 1.36. The third kappa shape index (κ3) is 4.59. The maximum absolute atomic E-state index is 12.7. The summed E-state index contributed by atoms with van der Waals surface area (Å²) in [5, 5.41) is 12.2. The Morgan fingerprint density at radius 1 is 1.06 bits per heavy atom. The second kappa shape index (κ2) is 9.19. The fourth-order valence-electron chi connectivity index (χ4n) is 2.90. The molecule has 154 valence electrons. The van der Waals surface area contributed by atoms with Crippen LogP contribution in [-0.4, -0.2) is 33.1 Å². The zero-order valence-corrected chi connectivity index (χ0v) is 17.3. The molecule has 4 aromatic rings. The van der Waals surface area contributed by atoms with E-state index in [4.69, 9.17) is 0 Å². The Hall–Kier alpha value is -4.04. The Morgan fingerprint density at radius 3 is 2.65 bits per heavy atom. The number of thiazole rings is 1. The normalized spacial score (nSPS) is 10.5. The number of nitrogens with one attached hydrogen (secondary N) is 2. The maximum Gasteiger partial charge on any atom is 0.275 e. The van der Waals surface area contributed by atoms with Crippen molar-refractivity contribution < 1.29 is 9.59 Å². The number of aromatic nitrogens is 3. The first-order valence-electron chi connectivity index (χ1n) is 9.51. The molecule has 0 radical (unpaired) electrons. The zero-order valence-electron chi connectivity index (χ0n) is 16.5. The predicted octanol–water partition coefficient (Wildman–Crippen LogP) is 4.16. The van der Waals surface area contributed by atoms with E-state index in [0.717, 1.165) is 11.3 Å². The van der Waals surface area contributed by atoms with E-state index in [1.54, 1.807) is 46.6 Å². The highest BCUT2D eigenvalue weighted by molar-refractivity contribution is 7.13. The Labute approximate surface area is 183 Å². The second-order valence-electron chi connectivity index (χ2n) is 6.55. The monoisotopic (exact) mass is 429 g/mol. The molecule has 31 heavy (non-hydrogen) atoms. The molecule has 0 saturated heterocycles. The van der Waals surface area contributed by atoms with Crippen LogP contribution in [0.15, 0.2) is 85.0 Å². The summed E-state index contributed by atoms with van der Waals surface area (Å²) in [6.07, 6.45) is 5.18. The van der Waals surface area contributed by atoms with Gasteiger partial charge in [0.1, 0.15) is 10.7 Å². The SMILES string of the molecule is C=CCNC(=O)c1ccccc1NC(=O)c1csc(-c2cnn(-c3ccccc3)c2)n1. The summed E-state index contributed by atoms with van der Waals surface area (Å²) < 4.78 is 1.76. The molecule has 2 heterocycles. The predicted molar refractivity (Wildman–Crippen MR) is 122 cm³/mol. The average molecular weight is 430 g/mol. The van der Waals surface area contributed by atoms with Crippen molar-refractivity contribution in [3.05, 3.63) is 96.3 Å². The molecule has 0 spiro atoms. The lowest BCUT2D eigenvalue weighted by Gasteiger charge is -2.09. The van der Waals surface area contributed by atoms with Gasteiger partial charge in [-0.2, -0.15) is 5.10 Å². The molecule has 2 aromatic carbocycles. The van der Waals surface area contributed by atoms with Crippen molar-refractivity contribution in [1.29, 1.82) is 0 Å². The third-order valence-electron chi connectivity index (χ3n) is 4.41. The summed E-state index contributed by atoms with van der Waals surface area (Å²) in [7, 11) is 0. The molecule has 0 aliphatic rings. The first kappa shape index (κ1) is 20.2. The van der Waals surface area contributed by atoms with Crippen LogP contribution in [0.25, 0.3) is 16.3 Å². The first-order chi connectivity index (χ1) is 15.2. The van der Waals surface area contributed by atoms with Crippen molar-refractivity contribution >= 4 is 28.8 Å². The van der Waals surface area contributed by atoms with Crippen molar-refractivity contribution in [2.45, 2.75) is 0 Å².